The van der Waals surface area contributed by atoms with Crippen LogP contribution in [0.15, 0.2) is 30.3 Å². The van der Waals surface area contributed by atoms with Crippen molar-refractivity contribution in [3.8, 4) is 0 Å². The number of hydrogen-bond donors (Lipinski definition) is 4. The largest absolute Gasteiger partial charge is 0.480 e. The molecular formula is C39H65N5O9. The zero-order valence-corrected chi connectivity index (χ0v) is 33.6. The highest BCUT2D eigenvalue weighted by Gasteiger charge is 2.43. The fourth-order valence-corrected chi connectivity index (χ4v) is 7.53. The Balaban J connectivity index is 2.27. The number of likely N-dealkylation sites (N-methyl/N-ethyl adjacent to an activating group) is 2. The Morgan fingerprint density at radius 2 is 1.55 bits per heavy atom. The zero-order valence-electron chi connectivity index (χ0n) is 33.6. The number of carboxylic acid groups (broad SMARTS) is 1. The minimum Gasteiger partial charge on any atom is -0.480 e. The Kier molecular flexibility index (Phi) is 18.3. The molecule has 14 nitrogen and oxygen atoms in total. The number of nitrogens with zero attached hydrogens (tertiary/aromatic N) is 3. The number of hydroxylamine groups is 2. The molecule has 0 aromatic heterocycles. The summed E-state index contributed by atoms with van der Waals surface area (Å²) in [6.07, 6.45) is 0.651. The van der Waals surface area contributed by atoms with Gasteiger partial charge in [0.2, 0.25) is 23.6 Å². The van der Waals surface area contributed by atoms with Crippen LogP contribution < -0.4 is 10.6 Å². The Labute approximate surface area is 315 Å². The molecule has 4 unspecified atom stereocenters. The highest BCUT2D eigenvalue weighted by Crippen LogP contribution is 2.30. The summed E-state index contributed by atoms with van der Waals surface area (Å²) in [5, 5.41) is 26.4. The van der Waals surface area contributed by atoms with Gasteiger partial charge in [0.15, 0.2) is 0 Å². The van der Waals surface area contributed by atoms with E-state index in [0.717, 1.165) is 10.6 Å². The monoisotopic (exact) mass is 747 g/mol. The van der Waals surface area contributed by atoms with Crippen LogP contribution in [0, 0.1) is 23.7 Å². The maximum atomic E-state index is 14.1. The van der Waals surface area contributed by atoms with Gasteiger partial charge in [-0.15, -0.1) is 0 Å². The molecule has 0 saturated carbocycles. The molecule has 0 bridgehead atoms. The van der Waals surface area contributed by atoms with Crippen LogP contribution >= 0.6 is 0 Å². The van der Waals surface area contributed by atoms with Crippen molar-refractivity contribution >= 4 is 29.6 Å². The number of benzene rings is 1. The molecule has 0 aliphatic carbocycles. The van der Waals surface area contributed by atoms with Gasteiger partial charge in [-0.1, -0.05) is 85.2 Å². The molecule has 9 atom stereocenters. The molecule has 14 heteroatoms. The SMILES string of the molecule is CCC(C)[C@@H](C(CC(=O)N1CCC[C@H]1C(OC)C(C)C(=O)N[C@@H](Cc1ccccc1)C(=O)O)OC)N(C)C(=O)[C@@H](NC(=O)[C@H](C(C)C)N(C)O)C(C)C. The van der Waals surface area contributed by atoms with E-state index < -0.39 is 66.1 Å². The van der Waals surface area contributed by atoms with Gasteiger partial charge in [-0.05, 0) is 36.2 Å². The number of rotatable bonds is 21. The van der Waals surface area contributed by atoms with E-state index in [1.165, 1.54) is 21.3 Å². The average Bonchev–Trinajstić information content (AvgIpc) is 3.59. The number of aliphatic carboxylic acids is 1. The average molecular weight is 748 g/mol. The van der Waals surface area contributed by atoms with Gasteiger partial charge >= 0.3 is 5.97 Å². The van der Waals surface area contributed by atoms with Gasteiger partial charge in [-0.2, -0.15) is 5.06 Å². The molecule has 1 aliphatic rings. The van der Waals surface area contributed by atoms with Gasteiger partial charge in [0.25, 0.3) is 0 Å². The predicted molar refractivity (Wildman–Crippen MR) is 201 cm³/mol. The van der Waals surface area contributed by atoms with E-state index in [4.69, 9.17) is 9.47 Å². The van der Waals surface area contributed by atoms with Crippen LogP contribution in [0.25, 0.3) is 0 Å². The molecule has 0 radical (unpaired) electrons. The first-order chi connectivity index (χ1) is 24.9. The van der Waals surface area contributed by atoms with Crippen LogP contribution in [-0.2, 0) is 39.9 Å². The predicted octanol–water partition coefficient (Wildman–Crippen LogP) is 3.21. The highest BCUT2D eigenvalue weighted by atomic mass is 16.5. The normalized spacial score (nSPS) is 19.2. The number of methoxy groups -OCH3 is 2. The van der Waals surface area contributed by atoms with Crippen LogP contribution in [0.2, 0.25) is 0 Å². The lowest BCUT2D eigenvalue weighted by Gasteiger charge is -2.41. The summed E-state index contributed by atoms with van der Waals surface area (Å²) in [6, 6.07) is 5.22. The van der Waals surface area contributed by atoms with Crippen LogP contribution in [0.4, 0.5) is 0 Å². The van der Waals surface area contributed by atoms with Gasteiger partial charge in [-0.25, -0.2) is 4.79 Å². The summed E-state index contributed by atoms with van der Waals surface area (Å²) in [5.41, 5.74) is 0.776. The topological polar surface area (TPSA) is 178 Å². The number of carbonyl (C=O) groups excluding carboxylic acids is 4. The lowest BCUT2D eigenvalue weighted by Crippen LogP contribution is -2.59. The van der Waals surface area contributed by atoms with Crippen molar-refractivity contribution in [2.24, 2.45) is 23.7 Å². The quantitative estimate of drug-likeness (QED) is 0.137. The lowest BCUT2D eigenvalue weighted by atomic mass is 9.89. The third-order valence-corrected chi connectivity index (χ3v) is 10.7. The van der Waals surface area contributed by atoms with Gasteiger partial charge < -0.3 is 40.2 Å². The molecule has 4 amide bonds. The Bertz CT molecular complexity index is 1340. The summed E-state index contributed by atoms with van der Waals surface area (Å²) in [7, 11) is 6.06. The fourth-order valence-electron chi connectivity index (χ4n) is 7.53. The van der Waals surface area contributed by atoms with Gasteiger partial charge in [0, 0.05) is 41.3 Å². The maximum Gasteiger partial charge on any atom is 0.326 e. The molecule has 1 heterocycles. The van der Waals surface area contributed by atoms with E-state index in [9.17, 15) is 34.3 Å². The van der Waals surface area contributed by atoms with Crippen LogP contribution in [0.1, 0.15) is 79.7 Å². The molecular weight excluding hydrogens is 682 g/mol. The molecule has 2 rings (SSSR count). The first-order valence-electron chi connectivity index (χ1n) is 18.8. The molecule has 1 aliphatic heterocycles. The van der Waals surface area contributed by atoms with Crippen molar-refractivity contribution < 1.29 is 43.8 Å². The third-order valence-electron chi connectivity index (χ3n) is 10.7. The molecule has 1 aromatic rings. The summed E-state index contributed by atoms with van der Waals surface area (Å²) >= 11 is 0. The van der Waals surface area contributed by atoms with Gasteiger partial charge in [0.1, 0.15) is 18.1 Å². The number of hydrogen-bond acceptors (Lipinski definition) is 9. The molecule has 300 valence electrons. The Morgan fingerprint density at radius 3 is 2.04 bits per heavy atom. The first kappa shape index (κ1) is 45.6. The number of carboxylic acids is 1. The van der Waals surface area contributed by atoms with Crippen molar-refractivity contribution in [2.75, 3.05) is 34.9 Å². The van der Waals surface area contributed by atoms with E-state index in [0.29, 0.717) is 25.8 Å². The molecule has 53 heavy (non-hydrogen) atoms. The van der Waals surface area contributed by atoms with E-state index in [1.807, 2.05) is 59.7 Å². The smallest absolute Gasteiger partial charge is 0.326 e. The molecule has 1 aromatic carbocycles. The van der Waals surface area contributed by atoms with Crippen molar-refractivity contribution in [1.29, 1.82) is 0 Å². The van der Waals surface area contributed by atoms with E-state index >= 15 is 0 Å². The van der Waals surface area contributed by atoms with E-state index in [2.05, 4.69) is 10.6 Å². The standard InChI is InChI=1S/C39H65N5O9/c1-12-25(6)34(42(8)38(48)32(23(2)3)41-37(47)33(24(4)5)43(9)51)30(52-10)22-31(45)44-20-16-19-29(44)35(53-11)26(7)36(46)40-28(39(49)50)21-27-17-14-13-15-18-27/h13-15,17-18,23-26,28-30,32-35,51H,12,16,19-22H2,1-11H3,(H,40,46)(H,41,47)(H,49,50)/t25?,26?,28-,29-,30?,32-,33-,34-,35?/m0/s1. The first-order valence-corrected chi connectivity index (χ1v) is 18.8. The number of likely N-dealkylation sites (tertiary alicyclic amines) is 1. The van der Waals surface area contributed by atoms with Crippen molar-refractivity contribution in [3.05, 3.63) is 35.9 Å². The molecule has 1 fully saturated rings. The van der Waals surface area contributed by atoms with E-state index in [-0.39, 0.29) is 42.4 Å². The fraction of sp³-hybridized carbons (Fsp3) is 0.718. The van der Waals surface area contributed by atoms with Gasteiger partial charge in [0.05, 0.1) is 36.6 Å². The summed E-state index contributed by atoms with van der Waals surface area (Å²) in [5.74, 6) is -3.98. The molecule has 1 saturated heterocycles. The number of nitrogens with one attached hydrogen (secondary N) is 2. The lowest BCUT2D eigenvalue weighted by molar-refractivity contribution is -0.156. The third kappa shape index (κ3) is 12.2. The second kappa shape index (κ2) is 21.3. The van der Waals surface area contributed by atoms with E-state index in [1.54, 1.807) is 35.9 Å². The minimum absolute atomic E-state index is 0.0434. The Hall–Kier alpha value is -3.59. The maximum absolute atomic E-state index is 14.1. The summed E-state index contributed by atoms with van der Waals surface area (Å²) in [6.45, 7) is 13.4. The summed E-state index contributed by atoms with van der Waals surface area (Å²) < 4.78 is 11.8. The van der Waals surface area contributed by atoms with Crippen molar-refractivity contribution in [2.45, 2.75) is 123 Å². The Morgan fingerprint density at radius 1 is 0.925 bits per heavy atom. The van der Waals surface area contributed by atoms with Gasteiger partial charge in [-0.3, -0.25) is 19.2 Å². The highest BCUT2D eigenvalue weighted by molar-refractivity contribution is 5.90. The minimum atomic E-state index is -1.15. The number of amides is 4. The van der Waals surface area contributed by atoms with Crippen LogP contribution in [0.3, 0.4) is 0 Å². The van der Waals surface area contributed by atoms with Crippen LogP contribution in [0.5, 0.6) is 0 Å². The molecule has 0 spiro atoms. The zero-order chi connectivity index (χ0) is 40.2. The second-order valence-electron chi connectivity index (χ2n) is 15.2. The van der Waals surface area contributed by atoms with Crippen LogP contribution in [-0.4, -0.2) is 132 Å². The van der Waals surface area contributed by atoms with Crippen molar-refractivity contribution in [3.63, 3.8) is 0 Å². The number of ether oxygens (including phenoxy) is 2. The molecule has 4 N–H and O–H groups in total. The number of carbonyl (C=O) groups is 5. The second-order valence-corrected chi connectivity index (χ2v) is 15.2. The summed E-state index contributed by atoms with van der Waals surface area (Å²) in [4.78, 5) is 70.3. The van der Waals surface area contributed by atoms with Crippen molar-refractivity contribution in [1.82, 2.24) is 25.5 Å².